The van der Waals surface area contributed by atoms with E-state index in [-0.39, 0.29) is 5.75 Å². The Morgan fingerprint density at radius 3 is 2.64 bits per heavy atom. The van der Waals surface area contributed by atoms with Gasteiger partial charge < -0.3 is 14.6 Å². The molecule has 22 heavy (non-hydrogen) atoms. The molecule has 3 rings (SSSR count). The molecule has 114 valence electrons. The third-order valence-electron chi connectivity index (χ3n) is 3.61. The predicted molar refractivity (Wildman–Crippen MR) is 85.5 cm³/mol. The number of fused-ring (bicyclic) bond motifs is 1. The van der Waals surface area contributed by atoms with Crippen LogP contribution in [-0.4, -0.2) is 15.9 Å². The van der Waals surface area contributed by atoms with E-state index in [4.69, 9.17) is 9.47 Å². The quantitative estimate of drug-likeness (QED) is 0.913. The van der Waals surface area contributed by atoms with Gasteiger partial charge in [0, 0.05) is 31.2 Å². The minimum absolute atomic E-state index is 0.260. The van der Waals surface area contributed by atoms with Crippen LogP contribution in [0.3, 0.4) is 0 Å². The van der Waals surface area contributed by atoms with Crippen LogP contribution in [0.4, 0.5) is 0 Å². The first-order valence-corrected chi connectivity index (χ1v) is 7.23. The Morgan fingerprint density at radius 2 is 1.91 bits per heavy atom. The highest BCUT2D eigenvalue weighted by Gasteiger charge is 2.30. The molecule has 0 amide bonds. The Balaban J connectivity index is 1.94. The van der Waals surface area contributed by atoms with Gasteiger partial charge in [0.05, 0.1) is 12.3 Å². The lowest BCUT2D eigenvalue weighted by molar-refractivity contribution is -0.180. The van der Waals surface area contributed by atoms with Gasteiger partial charge in [0.1, 0.15) is 11.5 Å². The van der Waals surface area contributed by atoms with E-state index in [9.17, 15) is 5.11 Å². The number of ether oxygens (including phenoxy) is 2. The molecule has 1 aromatic carbocycles. The van der Waals surface area contributed by atoms with Gasteiger partial charge in [-0.3, -0.25) is 4.98 Å². The van der Waals surface area contributed by atoms with Gasteiger partial charge in [-0.2, -0.15) is 0 Å². The molecule has 0 spiro atoms. The van der Waals surface area contributed by atoms with E-state index in [0.29, 0.717) is 6.61 Å². The Morgan fingerprint density at radius 1 is 1.18 bits per heavy atom. The molecule has 2 heterocycles. The van der Waals surface area contributed by atoms with Gasteiger partial charge in [0.25, 0.3) is 0 Å². The molecule has 1 aliphatic rings. The molecule has 1 aliphatic heterocycles. The molecule has 0 aliphatic carbocycles. The third kappa shape index (κ3) is 2.97. The molecule has 2 aromatic rings. The zero-order chi connectivity index (χ0) is 15.7. The minimum atomic E-state index is -0.626. The number of nitrogens with zero attached hydrogens (tertiary/aromatic N) is 1. The summed E-state index contributed by atoms with van der Waals surface area (Å²) < 4.78 is 11.6. The number of aromatic hydroxyl groups is 1. The SMILES string of the molecule is Cc1ncc(/C=C/c2ccc(O)cc2)c2c1OC(C)(C)OC2. The van der Waals surface area contributed by atoms with Crippen LogP contribution in [0, 0.1) is 6.92 Å². The van der Waals surface area contributed by atoms with Gasteiger partial charge in [-0.05, 0) is 24.6 Å². The molecule has 0 atom stereocenters. The summed E-state index contributed by atoms with van der Waals surface area (Å²) in [6.45, 7) is 6.23. The second-order valence-corrected chi connectivity index (χ2v) is 5.82. The molecule has 0 radical (unpaired) electrons. The number of benzene rings is 1. The second-order valence-electron chi connectivity index (χ2n) is 5.82. The predicted octanol–water partition coefficient (Wildman–Crippen LogP) is 3.91. The summed E-state index contributed by atoms with van der Waals surface area (Å²) in [7, 11) is 0. The van der Waals surface area contributed by atoms with Gasteiger partial charge in [-0.25, -0.2) is 0 Å². The number of phenolic OH excluding ortho intramolecular Hbond substituents is 1. The summed E-state index contributed by atoms with van der Waals surface area (Å²) >= 11 is 0. The fourth-order valence-electron chi connectivity index (χ4n) is 2.37. The number of aryl methyl sites for hydroxylation is 1. The first-order chi connectivity index (χ1) is 10.4. The van der Waals surface area contributed by atoms with Crippen molar-refractivity contribution >= 4 is 12.2 Å². The highest BCUT2D eigenvalue weighted by molar-refractivity contribution is 5.72. The Bertz CT molecular complexity index is 718. The Labute approximate surface area is 130 Å². The highest BCUT2D eigenvalue weighted by atomic mass is 16.7. The average Bonchev–Trinajstić information content (AvgIpc) is 2.48. The summed E-state index contributed by atoms with van der Waals surface area (Å²) in [5, 5.41) is 9.31. The topological polar surface area (TPSA) is 51.6 Å². The number of hydrogen-bond acceptors (Lipinski definition) is 4. The van der Waals surface area contributed by atoms with Gasteiger partial charge >= 0.3 is 0 Å². The van der Waals surface area contributed by atoms with Gasteiger partial charge in [0.15, 0.2) is 0 Å². The van der Waals surface area contributed by atoms with Crippen LogP contribution >= 0.6 is 0 Å². The average molecular weight is 297 g/mol. The molecule has 4 nitrogen and oxygen atoms in total. The van der Waals surface area contributed by atoms with Crippen molar-refractivity contribution in [1.29, 1.82) is 0 Å². The van der Waals surface area contributed by atoms with E-state index in [0.717, 1.165) is 28.1 Å². The van der Waals surface area contributed by atoms with Gasteiger partial charge in [-0.15, -0.1) is 0 Å². The monoisotopic (exact) mass is 297 g/mol. The Kier molecular flexibility index (Phi) is 3.62. The molecule has 0 unspecified atom stereocenters. The van der Waals surface area contributed by atoms with Crippen LogP contribution in [0.5, 0.6) is 11.5 Å². The molecule has 0 bridgehead atoms. The lowest BCUT2D eigenvalue weighted by Gasteiger charge is -2.33. The van der Waals surface area contributed by atoms with Crippen molar-refractivity contribution in [3.8, 4) is 11.5 Å². The molecule has 0 fully saturated rings. The van der Waals surface area contributed by atoms with Crippen molar-refractivity contribution in [3.05, 3.63) is 52.8 Å². The van der Waals surface area contributed by atoms with Crippen LogP contribution in [0.2, 0.25) is 0 Å². The van der Waals surface area contributed by atoms with Crippen molar-refractivity contribution in [2.24, 2.45) is 0 Å². The summed E-state index contributed by atoms with van der Waals surface area (Å²) in [4.78, 5) is 4.41. The van der Waals surface area contributed by atoms with Crippen molar-refractivity contribution in [1.82, 2.24) is 4.98 Å². The molecule has 1 aromatic heterocycles. The number of aromatic nitrogens is 1. The van der Waals surface area contributed by atoms with Crippen LogP contribution in [-0.2, 0) is 11.3 Å². The summed E-state index contributed by atoms with van der Waals surface area (Å²) in [6, 6.07) is 7.04. The number of phenols is 1. The zero-order valence-corrected chi connectivity index (χ0v) is 13.0. The first-order valence-electron chi connectivity index (χ1n) is 7.23. The van der Waals surface area contributed by atoms with E-state index in [2.05, 4.69) is 4.98 Å². The van der Waals surface area contributed by atoms with Gasteiger partial charge in [0.2, 0.25) is 5.79 Å². The lowest BCUT2D eigenvalue weighted by atomic mass is 10.1. The van der Waals surface area contributed by atoms with E-state index < -0.39 is 5.79 Å². The molecule has 4 heteroatoms. The fourth-order valence-corrected chi connectivity index (χ4v) is 2.37. The van der Waals surface area contributed by atoms with Gasteiger partial charge in [-0.1, -0.05) is 24.3 Å². The van der Waals surface area contributed by atoms with Crippen molar-refractivity contribution in [2.75, 3.05) is 0 Å². The first kappa shape index (κ1) is 14.6. The summed E-state index contributed by atoms with van der Waals surface area (Å²) in [5.74, 6) is 0.443. The van der Waals surface area contributed by atoms with E-state index in [1.807, 2.05) is 51.3 Å². The zero-order valence-electron chi connectivity index (χ0n) is 13.0. The minimum Gasteiger partial charge on any atom is -0.508 e. The van der Waals surface area contributed by atoms with E-state index in [1.54, 1.807) is 12.1 Å². The smallest absolute Gasteiger partial charge is 0.205 e. The number of rotatable bonds is 2. The van der Waals surface area contributed by atoms with Crippen LogP contribution in [0.25, 0.3) is 12.2 Å². The molecule has 0 saturated carbocycles. The van der Waals surface area contributed by atoms with Crippen LogP contribution in [0.15, 0.2) is 30.5 Å². The summed E-state index contributed by atoms with van der Waals surface area (Å²) in [6.07, 6.45) is 5.80. The van der Waals surface area contributed by atoms with Crippen molar-refractivity contribution in [2.45, 2.75) is 33.2 Å². The molecule has 0 saturated heterocycles. The van der Waals surface area contributed by atoms with Crippen LogP contribution in [0.1, 0.15) is 36.2 Å². The fraction of sp³-hybridized carbons (Fsp3) is 0.278. The normalized spacial score (nSPS) is 16.3. The van der Waals surface area contributed by atoms with E-state index in [1.165, 1.54) is 0 Å². The summed E-state index contributed by atoms with van der Waals surface area (Å²) in [5.41, 5.74) is 3.87. The number of pyridine rings is 1. The standard InChI is InChI=1S/C18H19NO3/c1-12-17-16(11-21-18(2,3)22-17)14(10-19-12)7-4-13-5-8-15(20)9-6-13/h4-10,20H,11H2,1-3H3/b7-4+. The maximum atomic E-state index is 9.31. The largest absolute Gasteiger partial charge is 0.508 e. The maximum Gasteiger partial charge on any atom is 0.205 e. The lowest BCUT2D eigenvalue weighted by Crippen LogP contribution is -2.36. The highest BCUT2D eigenvalue weighted by Crippen LogP contribution is 2.35. The van der Waals surface area contributed by atoms with Crippen molar-refractivity contribution in [3.63, 3.8) is 0 Å². The maximum absolute atomic E-state index is 9.31. The number of hydrogen-bond donors (Lipinski definition) is 1. The molecular weight excluding hydrogens is 278 g/mol. The van der Waals surface area contributed by atoms with Crippen molar-refractivity contribution < 1.29 is 14.6 Å². The molecular formula is C18H19NO3. The molecule has 1 N–H and O–H groups in total. The third-order valence-corrected chi connectivity index (χ3v) is 3.61. The Hall–Kier alpha value is -2.33. The van der Waals surface area contributed by atoms with Crippen LogP contribution < -0.4 is 4.74 Å². The van der Waals surface area contributed by atoms with E-state index >= 15 is 0 Å². The second kappa shape index (κ2) is 5.46.